The second kappa shape index (κ2) is 19.1. The summed E-state index contributed by atoms with van der Waals surface area (Å²) in [6.07, 6.45) is 5.49. The van der Waals surface area contributed by atoms with E-state index in [1.54, 1.807) is 0 Å². The van der Waals surface area contributed by atoms with Crippen LogP contribution in [0.5, 0.6) is 0 Å². The van der Waals surface area contributed by atoms with Gasteiger partial charge < -0.3 is 18.6 Å². The van der Waals surface area contributed by atoms with E-state index in [4.69, 9.17) is 8.83 Å². The van der Waals surface area contributed by atoms with Crippen LogP contribution in [0.4, 0.5) is 34.1 Å². The Hall–Kier alpha value is -10.4. The molecular formula is C78H54N2O2. The molecule has 15 aromatic rings. The van der Waals surface area contributed by atoms with Crippen molar-refractivity contribution >= 4 is 105 Å². The highest BCUT2D eigenvalue weighted by Crippen LogP contribution is 2.52. The number of nitrogens with zero attached hydrogens (tertiary/aromatic N) is 2. The summed E-state index contributed by atoms with van der Waals surface area (Å²) in [6, 6.07) is 95.4. The van der Waals surface area contributed by atoms with Crippen molar-refractivity contribution in [1.29, 1.82) is 0 Å². The summed E-state index contributed by atoms with van der Waals surface area (Å²) in [7, 11) is 0. The molecule has 0 aliphatic heterocycles. The van der Waals surface area contributed by atoms with Crippen LogP contribution in [-0.2, 0) is 0 Å². The summed E-state index contributed by atoms with van der Waals surface area (Å²) in [4.78, 5) is 4.92. The summed E-state index contributed by atoms with van der Waals surface area (Å²) in [5, 5.41) is 10.3. The molecule has 2 aromatic heterocycles. The van der Waals surface area contributed by atoms with Crippen LogP contribution in [0.1, 0.15) is 36.1 Å². The zero-order valence-corrected chi connectivity index (χ0v) is 45.5. The fourth-order valence-electron chi connectivity index (χ4n) is 13.1. The molecule has 0 N–H and O–H groups in total. The predicted molar refractivity (Wildman–Crippen MR) is 345 cm³/mol. The zero-order chi connectivity index (χ0) is 54.4. The van der Waals surface area contributed by atoms with Crippen molar-refractivity contribution in [2.75, 3.05) is 9.80 Å². The summed E-state index contributed by atoms with van der Waals surface area (Å²) >= 11 is 0. The van der Waals surface area contributed by atoms with Crippen molar-refractivity contribution < 1.29 is 8.83 Å². The molecule has 388 valence electrons. The van der Waals surface area contributed by atoms with Gasteiger partial charge in [0, 0.05) is 49.8 Å². The maximum Gasteiger partial charge on any atom is 0.159 e. The van der Waals surface area contributed by atoms with Crippen molar-refractivity contribution in [2.24, 2.45) is 0 Å². The molecule has 1 aliphatic rings. The van der Waals surface area contributed by atoms with Crippen molar-refractivity contribution in [1.82, 2.24) is 0 Å². The Morgan fingerprint density at radius 2 is 0.756 bits per heavy atom. The first-order valence-corrected chi connectivity index (χ1v) is 28.4. The quantitative estimate of drug-likeness (QED) is 0.128. The molecule has 0 spiro atoms. The van der Waals surface area contributed by atoms with E-state index in [1.165, 1.54) is 27.1 Å². The van der Waals surface area contributed by atoms with E-state index in [0.717, 1.165) is 140 Å². The second-order valence-corrected chi connectivity index (χ2v) is 22.0. The first-order chi connectivity index (χ1) is 40.5. The highest BCUT2D eigenvalue weighted by molar-refractivity contribution is 6.29. The number of fused-ring (bicyclic) bond motifs is 6. The summed E-state index contributed by atoms with van der Waals surface area (Å²) < 4.78 is 14.3. The van der Waals surface area contributed by atoms with Crippen molar-refractivity contribution in [2.45, 2.75) is 26.2 Å². The minimum atomic E-state index is 0.261. The van der Waals surface area contributed by atoms with Crippen molar-refractivity contribution in [3.05, 3.63) is 284 Å². The Balaban J connectivity index is 0.980. The van der Waals surface area contributed by atoms with Crippen LogP contribution in [0.3, 0.4) is 0 Å². The van der Waals surface area contributed by atoms with Gasteiger partial charge in [-0.2, -0.15) is 0 Å². The molecule has 2 heterocycles. The fourth-order valence-corrected chi connectivity index (χ4v) is 13.1. The largest absolute Gasteiger partial charge is 0.458 e. The van der Waals surface area contributed by atoms with E-state index >= 15 is 0 Å². The van der Waals surface area contributed by atoms with Crippen LogP contribution in [0.2, 0.25) is 0 Å². The second-order valence-electron chi connectivity index (χ2n) is 22.0. The third-order valence-corrected chi connectivity index (χ3v) is 17.0. The molecule has 0 bridgehead atoms. The van der Waals surface area contributed by atoms with Crippen molar-refractivity contribution in [3.63, 3.8) is 0 Å². The van der Waals surface area contributed by atoms with E-state index in [1.807, 2.05) is 0 Å². The molecule has 1 atom stereocenters. The standard InChI is InChI=1S/C78H54N2O2/c1-49-19-15-29-63-65-31-17-33-71(77(65)81-75(49)63)79(61-45-57(51-21-7-3-8-22-51)43-58(46-61)52-23-9-4-10-24-52)69-41-37-55-36-40-68-70(42-38-56-35-39-67(69)73(55)74(56)68)80(72-34-18-32-66-64-30-16-20-50(2)76(64)82-78(66)72)62-47-59(53-25-11-5-12-26-53)44-60(48-62)54-27-13-6-14-28-54/h3-19,21-48,50H,20H2,1-2H3. The number of furan rings is 2. The molecule has 13 aromatic carbocycles. The molecule has 16 rings (SSSR count). The van der Waals surface area contributed by atoms with Gasteiger partial charge in [0.25, 0.3) is 0 Å². The van der Waals surface area contributed by atoms with Crippen LogP contribution < -0.4 is 9.80 Å². The van der Waals surface area contributed by atoms with E-state index < -0.39 is 0 Å². The van der Waals surface area contributed by atoms with Crippen molar-refractivity contribution in [3.8, 4) is 44.5 Å². The number of rotatable bonds is 10. The molecule has 1 aliphatic carbocycles. The highest BCUT2D eigenvalue weighted by atomic mass is 16.3. The van der Waals surface area contributed by atoms with Crippen LogP contribution in [-0.4, -0.2) is 0 Å². The van der Waals surface area contributed by atoms with Crippen LogP contribution >= 0.6 is 0 Å². The minimum absolute atomic E-state index is 0.261. The first kappa shape index (κ1) is 47.6. The molecule has 0 fully saturated rings. The van der Waals surface area contributed by atoms with Gasteiger partial charge >= 0.3 is 0 Å². The van der Waals surface area contributed by atoms with Gasteiger partial charge in [0.2, 0.25) is 0 Å². The molecule has 0 saturated heterocycles. The molecule has 4 heteroatoms. The molecular weight excluding hydrogens is 997 g/mol. The van der Waals surface area contributed by atoms with E-state index in [9.17, 15) is 0 Å². The number of para-hydroxylation sites is 3. The average Bonchev–Trinajstić information content (AvgIpc) is 2.55. The molecule has 0 saturated carbocycles. The Labute approximate surface area is 476 Å². The van der Waals surface area contributed by atoms with Crippen LogP contribution in [0.25, 0.3) is 116 Å². The van der Waals surface area contributed by atoms with Gasteiger partial charge in [0.05, 0.1) is 22.7 Å². The van der Waals surface area contributed by atoms with Gasteiger partial charge in [-0.05, 0) is 146 Å². The van der Waals surface area contributed by atoms with Gasteiger partial charge in [0.1, 0.15) is 11.3 Å². The molecule has 0 radical (unpaired) electrons. The third-order valence-electron chi connectivity index (χ3n) is 17.0. The first-order valence-electron chi connectivity index (χ1n) is 28.4. The predicted octanol–water partition coefficient (Wildman–Crippen LogP) is 22.7. The van der Waals surface area contributed by atoms with Gasteiger partial charge in [-0.1, -0.05) is 219 Å². The van der Waals surface area contributed by atoms with E-state index in [-0.39, 0.29) is 5.92 Å². The molecule has 4 nitrogen and oxygen atoms in total. The normalized spacial score (nSPS) is 13.3. The Morgan fingerprint density at radius 3 is 1.23 bits per heavy atom. The fraction of sp³-hybridized carbons (Fsp3) is 0.0513. The number of benzene rings is 13. The van der Waals surface area contributed by atoms with Crippen LogP contribution in [0, 0.1) is 6.92 Å². The number of hydrogen-bond donors (Lipinski definition) is 0. The van der Waals surface area contributed by atoms with Gasteiger partial charge in [-0.15, -0.1) is 0 Å². The number of hydrogen-bond acceptors (Lipinski definition) is 4. The SMILES string of the molecule is Cc1cccc2c1oc1c(N(c3cc(-c4ccccc4)cc(-c4ccccc4)c3)c3ccc4ccc5c(N(c6cc(-c7ccccc7)cc(-c7ccccc7)c6)c6cccc7c8c(oc67)C(C)CC=C8)ccc6ccc3c4c65)cccc12. The lowest BCUT2D eigenvalue weighted by Gasteiger charge is -2.30. The van der Waals surface area contributed by atoms with E-state index in [2.05, 4.69) is 297 Å². The van der Waals surface area contributed by atoms with Gasteiger partial charge in [-0.3, -0.25) is 0 Å². The van der Waals surface area contributed by atoms with E-state index in [0.29, 0.717) is 0 Å². The van der Waals surface area contributed by atoms with Crippen LogP contribution in [0.15, 0.2) is 276 Å². The lowest BCUT2D eigenvalue weighted by Crippen LogP contribution is -2.12. The Bertz CT molecular complexity index is 4860. The maximum atomic E-state index is 7.16. The lowest BCUT2D eigenvalue weighted by atomic mass is 9.91. The Morgan fingerprint density at radius 1 is 0.341 bits per heavy atom. The smallest absolute Gasteiger partial charge is 0.159 e. The molecule has 0 amide bonds. The molecule has 1 unspecified atom stereocenters. The number of allylic oxidation sites excluding steroid dienone is 1. The van der Waals surface area contributed by atoms with Gasteiger partial charge in [-0.25, -0.2) is 0 Å². The van der Waals surface area contributed by atoms with Gasteiger partial charge in [0.15, 0.2) is 11.2 Å². The zero-order valence-electron chi connectivity index (χ0n) is 45.5. The minimum Gasteiger partial charge on any atom is -0.458 e. The highest BCUT2D eigenvalue weighted by Gasteiger charge is 2.29. The summed E-state index contributed by atoms with van der Waals surface area (Å²) in [6.45, 7) is 4.41. The topological polar surface area (TPSA) is 32.8 Å². The lowest BCUT2D eigenvalue weighted by molar-refractivity contribution is 0.504. The average molecular weight is 1050 g/mol. The Kier molecular flexibility index (Phi) is 11.1. The molecule has 82 heavy (non-hydrogen) atoms. The summed E-state index contributed by atoms with van der Waals surface area (Å²) in [5.74, 6) is 1.30. The maximum absolute atomic E-state index is 7.16. The number of aryl methyl sites for hydroxylation is 1. The number of anilines is 6. The monoisotopic (exact) mass is 1050 g/mol. The summed E-state index contributed by atoms with van der Waals surface area (Å²) in [5.41, 5.74) is 20.1. The third kappa shape index (κ3) is 7.74.